The Kier molecular flexibility index (Phi) is 6.74. The average Bonchev–Trinajstić information content (AvgIpc) is 2.97. The van der Waals surface area contributed by atoms with Gasteiger partial charge in [-0.1, -0.05) is 37.1 Å². The zero-order valence-corrected chi connectivity index (χ0v) is 17.4. The van der Waals surface area contributed by atoms with Crippen molar-refractivity contribution in [3.05, 3.63) is 64.8 Å². The van der Waals surface area contributed by atoms with E-state index in [-0.39, 0.29) is 10.7 Å². The number of benzene rings is 2. The van der Waals surface area contributed by atoms with E-state index < -0.39 is 17.8 Å². The number of rotatable bonds is 8. The minimum atomic E-state index is -0.646. The zero-order chi connectivity index (χ0) is 21.7. The number of amides is 2. The molecule has 2 amide bonds. The van der Waals surface area contributed by atoms with Crippen LogP contribution in [0.2, 0.25) is 0 Å². The van der Waals surface area contributed by atoms with Gasteiger partial charge in [0.15, 0.2) is 0 Å². The van der Waals surface area contributed by atoms with Crippen molar-refractivity contribution < 1.29 is 23.9 Å². The number of carbonyl (C=O) groups excluding carboxylic acids is 3. The Hall–Kier alpha value is -3.32. The summed E-state index contributed by atoms with van der Waals surface area (Å²) < 4.78 is 10.4. The van der Waals surface area contributed by atoms with Crippen LogP contribution in [-0.4, -0.2) is 31.5 Å². The molecule has 1 N–H and O–H groups in total. The fourth-order valence-corrected chi connectivity index (χ4v) is 3.07. The maximum atomic E-state index is 12.9. The number of hydrogen-bond acceptors (Lipinski definition) is 6. The number of nitrogens with zero attached hydrogens (tertiary/aromatic N) is 1. The molecule has 7 nitrogen and oxygen atoms in total. The van der Waals surface area contributed by atoms with Gasteiger partial charge in [-0.2, -0.15) is 0 Å². The number of nitrogens with one attached hydrogen (secondary N) is 1. The Morgan fingerprint density at radius 1 is 1.10 bits per heavy atom. The summed E-state index contributed by atoms with van der Waals surface area (Å²) in [5, 5.41) is 2.62. The van der Waals surface area contributed by atoms with E-state index in [4.69, 9.17) is 21.1 Å². The molecule has 0 aromatic heterocycles. The number of anilines is 2. The van der Waals surface area contributed by atoms with Crippen molar-refractivity contribution in [3.63, 3.8) is 0 Å². The molecule has 0 fully saturated rings. The summed E-state index contributed by atoms with van der Waals surface area (Å²) in [7, 11) is 1.49. The molecule has 0 aliphatic carbocycles. The Labute approximate surface area is 179 Å². The highest BCUT2D eigenvalue weighted by Gasteiger charge is 2.39. The topological polar surface area (TPSA) is 84.9 Å². The van der Waals surface area contributed by atoms with Crippen molar-refractivity contribution in [3.8, 4) is 5.75 Å². The third-order valence-corrected chi connectivity index (χ3v) is 4.79. The molecule has 1 aliphatic rings. The summed E-state index contributed by atoms with van der Waals surface area (Å²) >= 11 is 6.16. The Bertz CT molecular complexity index is 1020. The average molecular weight is 429 g/mol. The Morgan fingerprint density at radius 2 is 1.87 bits per heavy atom. The van der Waals surface area contributed by atoms with Gasteiger partial charge in [0.2, 0.25) is 0 Å². The second kappa shape index (κ2) is 9.45. The van der Waals surface area contributed by atoms with Gasteiger partial charge < -0.3 is 14.8 Å². The molecule has 0 unspecified atom stereocenters. The first-order valence-electron chi connectivity index (χ1n) is 9.43. The van der Waals surface area contributed by atoms with E-state index >= 15 is 0 Å². The maximum absolute atomic E-state index is 12.9. The van der Waals surface area contributed by atoms with Gasteiger partial charge in [-0.05, 0) is 36.8 Å². The van der Waals surface area contributed by atoms with Crippen LogP contribution in [0.5, 0.6) is 5.75 Å². The van der Waals surface area contributed by atoms with Crippen LogP contribution in [0.4, 0.5) is 11.4 Å². The van der Waals surface area contributed by atoms with Crippen molar-refractivity contribution >= 4 is 40.8 Å². The molecule has 0 radical (unpaired) electrons. The van der Waals surface area contributed by atoms with Crippen molar-refractivity contribution in [1.29, 1.82) is 0 Å². The van der Waals surface area contributed by atoms with Crippen molar-refractivity contribution in [2.45, 2.75) is 19.8 Å². The predicted molar refractivity (Wildman–Crippen MR) is 114 cm³/mol. The van der Waals surface area contributed by atoms with Crippen LogP contribution in [0.3, 0.4) is 0 Å². The quantitative estimate of drug-likeness (QED) is 0.387. The fraction of sp³-hybridized carbons (Fsp3) is 0.227. The summed E-state index contributed by atoms with van der Waals surface area (Å²) in [6.45, 7) is 2.34. The molecule has 2 aromatic carbocycles. The fourth-order valence-electron chi connectivity index (χ4n) is 2.86. The van der Waals surface area contributed by atoms with Crippen LogP contribution in [0, 0.1) is 0 Å². The van der Waals surface area contributed by atoms with Gasteiger partial charge in [0, 0.05) is 11.8 Å². The zero-order valence-electron chi connectivity index (χ0n) is 16.6. The number of unbranched alkanes of at least 4 members (excludes halogenated alkanes) is 1. The van der Waals surface area contributed by atoms with Gasteiger partial charge >= 0.3 is 5.97 Å². The van der Waals surface area contributed by atoms with Crippen molar-refractivity contribution in [2.24, 2.45) is 0 Å². The molecule has 156 valence electrons. The van der Waals surface area contributed by atoms with E-state index in [9.17, 15) is 14.4 Å². The second-order valence-electron chi connectivity index (χ2n) is 6.53. The summed E-state index contributed by atoms with van der Waals surface area (Å²) in [5.74, 6) is -1.21. The van der Waals surface area contributed by atoms with Crippen LogP contribution in [0.15, 0.2) is 59.3 Å². The first-order valence-corrected chi connectivity index (χ1v) is 9.81. The van der Waals surface area contributed by atoms with Gasteiger partial charge in [0.1, 0.15) is 16.5 Å². The predicted octanol–water partition coefficient (Wildman–Crippen LogP) is 4.09. The Morgan fingerprint density at radius 3 is 2.60 bits per heavy atom. The molecule has 3 rings (SSSR count). The van der Waals surface area contributed by atoms with Crippen LogP contribution in [0.25, 0.3) is 0 Å². The molecule has 0 atom stereocenters. The lowest BCUT2D eigenvalue weighted by atomic mass is 10.2. The molecular formula is C22H21ClN2O5. The Balaban J connectivity index is 1.80. The molecule has 1 aliphatic heterocycles. The minimum absolute atomic E-state index is 0.0685. The van der Waals surface area contributed by atoms with Gasteiger partial charge in [-0.25, -0.2) is 9.69 Å². The van der Waals surface area contributed by atoms with E-state index in [0.29, 0.717) is 29.3 Å². The van der Waals surface area contributed by atoms with E-state index in [2.05, 4.69) is 5.32 Å². The SMILES string of the molecule is CCCCOC(=O)c1cccc(NC2=C(Cl)C(=O)N(c3cccc(OC)c3)C2=O)c1. The first kappa shape index (κ1) is 21.4. The molecular weight excluding hydrogens is 408 g/mol. The summed E-state index contributed by atoms with van der Waals surface area (Å²) in [6, 6.07) is 13.0. The second-order valence-corrected chi connectivity index (χ2v) is 6.91. The molecule has 30 heavy (non-hydrogen) atoms. The molecule has 1 heterocycles. The standard InChI is InChI=1S/C22H21ClN2O5/c1-3-4-11-30-22(28)14-7-5-8-15(12-14)24-19-18(23)20(26)25(21(19)27)16-9-6-10-17(13-16)29-2/h5-10,12-13,24H,3-4,11H2,1-2H3. The summed E-state index contributed by atoms with van der Waals surface area (Å²) in [5.41, 5.74) is 1.03. The van der Waals surface area contributed by atoms with Gasteiger partial charge in [-0.3, -0.25) is 9.59 Å². The highest BCUT2D eigenvalue weighted by atomic mass is 35.5. The van der Waals surface area contributed by atoms with Crippen LogP contribution in [-0.2, 0) is 14.3 Å². The van der Waals surface area contributed by atoms with E-state index in [0.717, 1.165) is 17.7 Å². The van der Waals surface area contributed by atoms with Crippen molar-refractivity contribution in [1.82, 2.24) is 0 Å². The van der Waals surface area contributed by atoms with Gasteiger partial charge in [0.25, 0.3) is 11.8 Å². The van der Waals surface area contributed by atoms with Crippen LogP contribution in [0.1, 0.15) is 30.1 Å². The number of halogens is 1. The van der Waals surface area contributed by atoms with E-state index in [1.807, 2.05) is 6.92 Å². The van der Waals surface area contributed by atoms with Crippen LogP contribution >= 0.6 is 11.6 Å². The minimum Gasteiger partial charge on any atom is -0.497 e. The third-order valence-electron chi connectivity index (χ3n) is 4.44. The molecule has 0 saturated heterocycles. The lowest BCUT2D eigenvalue weighted by Crippen LogP contribution is -2.32. The maximum Gasteiger partial charge on any atom is 0.338 e. The van der Waals surface area contributed by atoms with Crippen LogP contribution < -0.4 is 15.0 Å². The highest BCUT2D eigenvalue weighted by molar-refractivity contribution is 6.53. The molecule has 8 heteroatoms. The molecule has 0 spiro atoms. The normalized spacial score (nSPS) is 13.6. The van der Waals surface area contributed by atoms with Crippen molar-refractivity contribution in [2.75, 3.05) is 23.9 Å². The largest absolute Gasteiger partial charge is 0.497 e. The number of carbonyl (C=O) groups is 3. The number of esters is 1. The van der Waals surface area contributed by atoms with Gasteiger partial charge in [-0.15, -0.1) is 0 Å². The lowest BCUT2D eigenvalue weighted by Gasteiger charge is -2.16. The number of ether oxygens (including phenoxy) is 2. The highest BCUT2D eigenvalue weighted by Crippen LogP contribution is 2.31. The molecule has 0 bridgehead atoms. The smallest absolute Gasteiger partial charge is 0.338 e. The molecule has 2 aromatic rings. The summed E-state index contributed by atoms with van der Waals surface area (Å²) in [6.07, 6.45) is 1.70. The summed E-state index contributed by atoms with van der Waals surface area (Å²) in [4.78, 5) is 38.6. The third kappa shape index (κ3) is 4.46. The lowest BCUT2D eigenvalue weighted by molar-refractivity contribution is -0.120. The number of imide groups is 1. The number of hydrogen-bond donors (Lipinski definition) is 1. The van der Waals surface area contributed by atoms with Gasteiger partial charge in [0.05, 0.1) is 25.0 Å². The first-order chi connectivity index (χ1) is 14.5. The van der Waals surface area contributed by atoms with E-state index in [1.54, 1.807) is 42.5 Å². The van der Waals surface area contributed by atoms with E-state index in [1.165, 1.54) is 13.2 Å². The molecule has 0 saturated carbocycles. The monoisotopic (exact) mass is 428 g/mol. The number of methoxy groups -OCH3 is 1.